The highest BCUT2D eigenvalue weighted by Crippen LogP contribution is 2.20. The van der Waals surface area contributed by atoms with Crippen LogP contribution in [0.5, 0.6) is 0 Å². The summed E-state index contributed by atoms with van der Waals surface area (Å²) in [5, 5.41) is 15.9. The molecule has 0 bridgehead atoms. The number of piperidine rings is 1. The summed E-state index contributed by atoms with van der Waals surface area (Å²) in [6.07, 6.45) is 3.69. The predicted molar refractivity (Wildman–Crippen MR) is 81.3 cm³/mol. The Balaban J connectivity index is 1.90. The van der Waals surface area contributed by atoms with Crippen molar-refractivity contribution in [2.24, 2.45) is 0 Å². The largest absolute Gasteiger partial charge is 0.396 e. The monoisotopic (exact) mass is 310 g/mol. The maximum Gasteiger partial charge on any atom is 0.318 e. The number of carbonyl (C=O) groups excluding carboxylic acids is 1. The number of rotatable bonds is 4. The fraction of sp³-hybridized carbons (Fsp3) is 0.800. The molecule has 0 spiro atoms. The minimum atomic E-state index is -0.200. The number of aromatic nitrogens is 2. The van der Waals surface area contributed by atoms with Crippen LogP contribution in [0.3, 0.4) is 0 Å². The number of nitrogens with one attached hydrogen (secondary N) is 1. The molecule has 22 heavy (non-hydrogen) atoms. The maximum atomic E-state index is 12.3. The first kappa shape index (κ1) is 16.7. The number of amides is 2. The van der Waals surface area contributed by atoms with Gasteiger partial charge in [-0.2, -0.15) is 4.98 Å². The van der Waals surface area contributed by atoms with E-state index in [1.165, 1.54) is 0 Å². The van der Waals surface area contributed by atoms with Crippen molar-refractivity contribution in [1.82, 2.24) is 20.4 Å². The number of likely N-dealkylation sites (tertiary alicyclic amines) is 1. The topological polar surface area (TPSA) is 91.5 Å². The molecule has 0 saturated carbocycles. The van der Waals surface area contributed by atoms with Gasteiger partial charge in [0.25, 0.3) is 0 Å². The first-order chi connectivity index (χ1) is 10.4. The van der Waals surface area contributed by atoms with Crippen molar-refractivity contribution in [3.05, 3.63) is 11.7 Å². The van der Waals surface area contributed by atoms with Crippen LogP contribution < -0.4 is 5.32 Å². The smallest absolute Gasteiger partial charge is 0.318 e. The second-order valence-electron chi connectivity index (χ2n) is 6.78. The Morgan fingerprint density at radius 2 is 2.23 bits per heavy atom. The first-order valence-corrected chi connectivity index (χ1v) is 7.90. The molecule has 1 aliphatic rings. The number of urea groups is 1. The first-order valence-electron chi connectivity index (χ1n) is 7.90. The standard InChI is InChI=1S/C15H26N4O3/c1-15(2,3)13-17-12(18-22-13)10-16-14(21)19-8-5-4-6-11(19)7-9-20/h11,20H,4-10H2,1-3H3,(H,16,21)/t11-/m0/s1. The van der Waals surface area contributed by atoms with E-state index in [1.54, 1.807) is 0 Å². The Kier molecular flexibility index (Phi) is 5.39. The number of hydrogen-bond donors (Lipinski definition) is 2. The van der Waals surface area contributed by atoms with Crippen molar-refractivity contribution in [3.8, 4) is 0 Å². The zero-order chi connectivity index (χ0) is 16.2. The number of nitrogens with zero attached hydrogens (tertiary/aromatic N) is 3. The number of aliphatic hydroxyl groups is 1. The van der Waals surface area contributed by atoms with Gasteiger partial charge in [-0.25, -0.2) is 4.79 Å². The number of hydrogen-bond acceptors (Lipinski definition) is 5. The number of carbonyl (C=O) groups is 1. The minimum Gasteiger partial charge on any atom is -0.396 e. The summed E-state index contributed by atoms with van der Waals surface area (Å²) in [5.41, 5.74) is -0.200. The van der Waals surface area contributed by atoms with Gasteiger partial charge in [0.05, 0.1) is 6.54 Å². The van der Waals surface area contributed by atoms with E-state index in [0.29, 0.717) is 18.1 Å². The molecule has 1 aromatic rings. The van der Waals surface area contributed by atoms with Crippen LogP contribution in [0.4, 0.5) is 4.79 Å². The molecule has 7 nitrogen and oxygen atoms in total. The van der Waals surface area contributed by atoms with E-state index in [4.69, 9.17) is 9.63 Å². The highest BCUT2D eigenvalue weighted by molar-refractivity contribution is 5.74. The third-order valence-electron chi connectivity index (χ3n) is 3.86. The lowest BCUT2D eigenvalue weighted by molar-refractivity contribution is 0.131. The Morgan fingerprint density at radius 3 is 2.86 bits per heavy atom. The predicted octanol–water partition coefficient (Wildman–Crippen LogP) is 1.81. The molecule has 1 saturated heterocycles. The van der Waals surface area contributed by atoms with Crippen LogP contribution in [0.1, 0.15) is 58.2 Å². The lowest BCUT2D eigenvalue weighted by atomic mass is 9.97. The summed E-state index contributed by atoms with van der Waals surface area (Å²) in [5.74, 6) is 1.04. The average Bonchev–Trinajstić information content (AvgIpc) is 2.95. The molecule has 2 heterocycles. The zero-order valence-corrected chi connectivity index (χ0v) is 13.6. The fourth-order valence-corrected chi connectivity index (χ4v) is 2.60. The van der Waals surface area contributed by atoms with E-state index in [0.717, 1.165) is 25.8 Å². The summed E-state index contributed by atoms with van der Waals surface area (Å²) < 4.78 is 5.21. The molecule has 0 aliphatic carbocycles. The summed E-state index contributed by atoms with van der Waals surface area (Å²) >= 11 is 0. The van der Waals surface area contributed by atoms with Crippen molar-refractivity contribution in [2.45, 2.75) is 64.5 Å². The van der Waals surface area contributed by atoms with Gasteiger partial charge < -0.3 is 19.8 Å². The third-order valence-corrected chi connectivity index (χ3v) is 3.86. The van der Waals surface area contributed by atoms with Gasteiger partial charge in [0.1, 0.15) is 0 Å². The molecule has 7 heteroatoms. The summed E-state index contributed by atoms with van der Waals surface area (Å²) in [6.45, 7) is 7.08. The third kappa shape index (κ3) is 4.19. The van der Waals surface area contributed by atoms with Crippen molar-refractivity contribution in [1.29, 1.82) is 0 Å². The Bertz CT molecular complexity index is 493. The van der Waals surface area contributed by atoms with Gasteiger partial charge in [-0.15, -0.1) is 0 Å². The van der Waals surface area contributed by atoms with E-state index in [1.807, 2.05) is 25.7 Å². The quantitative estimate of drug-likeness (QED) is 0.885. The molecule has 0 unspecified atom stereocenters. The molecular weight excluding hydrogens is 284 g/mol. The van der Waals surface area contributed by atoms with Gasteiger partial charge in [-0.1, -0.05) is 25.9 Å². The zero-order valence-electron chi connectivity index (χ0n) is 13.6. The molecule has 1 atom stereocenters. The van der Waals surface area contributed by atoms with E-state index < -0.39 is 0 Å². The van der Waals surface area contributed by atoms with Crippen LogP contribution >= 0.6 is 0 Å². The summed E-state index contributed by atoms with van der Waals surface area (Å²) in [4.78, 5) is 18.4. The Labute approximate surface area is 131 Å². The molecular formula is C15H26N4O3. The van der Waals surface area contributed by atoms with Gasteiger partial charge in [-0.05, 0) is 25.7 Å². The number of aliphatic hydroxyl groups excluding tert-OH is 1. The summed E-state index contributed by atoms with van der Waals surface area (Å²) in [7, 11) is 0. The molecule has 2 N–H and O–H groups in total. The fourth-order valence-electron chi connectivity index (χ4n) is 2.60. The van der Waals surface area contributed by atoms with Crippen LogP contribution in [0.15, 0.2) is 4.52 Å². The van der Waals surface area contributed by atoms with Crippen LogP contribution in [-0.2, 0) is 12.0 Å². The molecule has 1 aromatic heterocycles. The van der Waals surface area contributed by atoms with E-state index >= 15 is 0 Å². The van der Waals surface area contributed by atoms with Gasteiger partial charge >= 0.3 is 6.03 Å². The van der Waals surface area contributed by atoms with Gasteiger partial charge in [0.2, 0.25) is 5.89 Å². The molecule has 2 rings (SSSR count). The van der Waals surface area contributed by atoms with E-state index in [9.17, 15) is 4.79 Å². The van der Waals surface area contributed by atoms with Gasteiger partial charge in [0, 0.05) is 24.6 Å². The SMILES string of the molecule is CC(C)(C)c1nc(CNC(=O)N2CCCC[C@H]2CCO)no1. The second kappa shape index (κ2) is 7.09. The van der Waals surface area contributed by atoms with Crippen molar-refractivity contribution < 1.29 is 14.4 Å². The maximum absolute atomic E-state index is 12.3. The molecule has 124 valence electrons. The van der Waals surface area contributed by atoms with Gasteiger partial charge in [-0.3, -0.25) is 0 Å². The van der Waals surface area contributed by atoms with Crippen molar-refractivity contribution >= 4 is 6.03 Å². The van der Waals surface area contributed by atoms with E-state index in [2.05, 4.69) is 15.5 Å². The average molecular weight is 310 g/mol. The van der Waals surface area contributed by atoms with E-state index in [-0.39, 0.29) is 30.6 Å². The molecule has 1 aliphatic heterocycles. The normalized spacial score (nSPS) is 19.3. The Hall–Kier alpha value is -1.63. The van der Waals surface area contributed by atoms with Crippen molar-refractivity contribution in [2.75, 3.05) is 13.2 Å². The van der Waals surface area contributed by atoms with Crippen LogP contribution in [-0.4, -0.2) is 45.4 Å². The van der Waals surface area contributed by atoms with Gasteiger partial charge in [0.15, 0.2) is 5.82 Å². The Morgan fingerprint density at radius 1 is 1.45 bits per heavy atom. The highest BCUT2D eigenvalue weighted by Gasteiger charge is 2.26. The molecule has 0 aromatic carbocycles. The minimum absolute atomic E-state index is 0.105. The van der Waals surface area contributed by atoms with Crippen LogP contribution in [0, 0.1) is 0 Å². The van der Waals surface area contributed by atoms with Crippen molar-refractivity contribution in [3.63, 3.8) is 0 Å². The molecule has 2 amide bonds. The van der Waals surface area contributed by atoms with Crippen LogP contribution in [0.2, 0.25) is 0 Å². The molecule has 1 fully saturated rings. The highest BCUT2D eigenvalue weighted by atomic mass is 16.5. The lowest BCUT2D eigenvalue weighted by Crippen LogP contribution is -2.48. The lowest BCUT2D eigenvalue weighted by Gasteiger charge is -2.35. The molecule has 0 radical (unpaired) electrons. The van der Waals surface area contributed by atoms with Crippen LogP contribution in [0.25, 0.3) is 0 Å². The second-order valence-corrected chi connectivity index (χ2v) is 6.78. The summed E-state index contributed by atoms with van der Waals surface area (Å²) in [6, 6.07) is -0.00517.